The van der Waals surface area contributed by atoms with Gasteiger partial charge in [-0.05, 0) is 44.1 Å². The fraction of sp³-hybridized carbons (Fsp3) is 0.692. The van der Waals surface area contributed by atoms with E-state index >= 15 is 0 Å². The van der Waals surface area contributed by atoms with Crippen LogP contribution in [0.5, 0.6) is 0 Å². The Morgan fingerprint density at radius 1 is 0.646 bits per heavy atom. The molecule has 2 rings (SSSR count). The third-order valence-electron chi connectivity index (χ3n) is 9.26. The van der Waals surface area contributed by atoms with E-state index in [-0.39, 0.29) is 18.1 Å². The molecule has 1 aromatic carbocycles. The van der Waals surface area contributed by atoms with E-state index in [1.54, 1.807) is 19.1 Å². The molecule has 2 N–H and O–H groups in total. The monoisotopic (exact) mass is 690 g/mol. The quantitative estimate of drug-likeness (QED) is 0.0726. The van der Waals surface area contributed by atoms with Gasteiger partial charge in [0.1, 0.15) is 11.5 Å². The van der Waals surface area contributed by atoms with Gasteiger partial charge in [0, 0.05) is 0 Å². The van der Waals surface area contributed by atoms with E-state index in [0.717, 1.165) is 69.1 Å². The van der Waals surface area contributed by atoms with Gasteiger partial charge in [-0.15, -0.1) is 0 Å². The molecular weight excluding hydrogens is 628 g/mol. The third-order valence-corrected chi connectivity index (χ3v) is 11.6. The van der Waals surface area contributed by atoms with Crippen LogP contribution in [0.3, 0.4) is 0 Å². The van der Waals surface area contributed by atoms with E-state index in [2.05, 4.69) is 13.8 Å². The number of aryl methyl sites for hydroxylation is 1. The summed E-state index contributed by atoms with van der Waals surface area (Å²) in [6, 6.07) is 5.76. The van der Waals surface area contributed by atoms with Crippen molar-refractivity contribution in [1.29, 1.82) is 0 Å². The highest BCUT2D eigenvalue weighted by molar-refractivity contribution is 7.94. The number of hydrogen-bond acceptors (Lipinski definition) is 8. The summed E-state index contributed by atoms with van der Waals surface area (Å²) >= 11 is 0. The van der Waals surface area contributed by atoms with Crippen LogP contribution in [-0.4, -0.2) is 48.5 Å². The maximum absolute atomic E-state index is 14.3. The van der Waals surface area contributed by atoms with Crippen molar-refractivity contribution in [3.63, 3.8) is 0 Å². The van der Waals surface area contributed by atoms with Crippen LogP contribution in [0.25, 0.3) is 0 Å². The Kier molecular flexibility index (Phi) is 19.6. The molecule has 9 heteroatoms. The minimum atomic E-state index is -4.83. The predicted octanol–water partition coefficient (Wildman–Crippen LogP) is 9.95. The average Bonchev–Trinajstić information content (AvgIpc) is 3.06. The first-order valence-electron chi connectivity index (χ1n) is 18.6. The number of aliphatic hydroxyl groups is 2. The van der Waals surface area contributed by atoms with Gasteiger partial charge in [-0.3, -0.25) is 4.79 Å². The Hall–Kier alpha value is -2.81. The van der Waals surface area contributed by atoms with Gasteiger partial charge in [0.2, 0.25) is 14.6 Å². The third kappa shape index (κ3) is 12.3. The summed E-state index contributed by atoms with van der Waals surface area (Å²) in [6.45, 7) is 6.10. The molecule has 0 bridgehead atoms. The topological polar surface area (TPSA) is 127 Å². The molecule has 8 nitrogen and oxygen atoms in total. The van der Waals surface area contributed by atoms with E-state index in [9.17, 15) is 28.2 Å². The minimum absolute atomic E-state index is 0.00208. The number of aliphatic hydroxyl groups excluding tert-OH is 2. The van der Waals surface area contributed by atoms with Gasteiger partial charge in [-0.1, -0.05) is 147 Å². The van der Waals surface area contributed by atoms with Gasteiger partial charge in [-0.2, -0.15) is 0 Å². The molecule has 0 spiro atoms. The Labute approximate surface area is 290 Å². The molecule has 2 unspecified atom stereocenters. The summed E-state index contributed by atoms with van der Waals surface area (Å²) in [7, 11) is -4.83. The molecule has 0 radical (unpaired) electrons. The molecular formula is C39H62O8S. The number of unbranched alkanes of at least 4 members (excludes halogenated alkanes) is 18. The predicted molar refractivity (Wildman–Crippen MR) is 192 cm³/mol. The molecule has 1 aliphatic rings. The van der Waals surface area contributed by atoms with Crippen molar-refractivity contribution in [3.05, 3.63) is 53.5 Å². The van der Waals surface area contributed by atoms with Gasteiger partial charge in [0.05, 0.1) is 18.1 Å². The Morgan fingerprint density at radius 3 is 1.52 bits per heavy atom. The van der Waals surface area contributed by atoms with Crippen LogP contribution < -0.4 is 0 Å². The summed E-state index contributed by atoms with van der Waals surface area (Å²) in [4.78, 5) is 27.3. The van der Waals surface area contributed by atoms with Crippen molar-refractivity contribution in [2.75, 3.05) is 13.2 Å². The van der Waals surface area contributed by atoms with Crippen LogP contribution in [0.1, 0.15) is 148 Å². The minimum Gasteiger partial charge on any atom is -0.511 e. The lowest BCUT2D eigenvalue weighted by atomic mass is 9.84. The molecule has 0 saturated heterocycles. The van der Waals surface area contributed by atoms with Crippen molar-refractivity contribution in [1.82, 2.24) is 0 Å². The van der Waals surface area contributed by atoms with Crippen LogP contribution in [-0.2, 0) is 28.9 Å². The number of allylic oxidation sites excluding steroid dienone is 2. The molecule has 2 atom stereocenters. The first-order chi connectivity index (χ1) is 23.1. The smallest absolute Gasteiger partial charge is 0.337 e. The lowest BCUT2D eigenvalue weighted by Crippen LogP contribution is -2.59. The summed E-state index contributed by atoms with van der Waals surface area (Å²) in [5, 5.41) is 22.2. The molecule has 0 saturated carbocycles. The van der Waals surface area contributed by atoms with Gasteiger partial charge in [0.15, 0.2) is 5.92 Å². The number of esters is 2. The number of rotatable bonds is 26. The summed E-state index contributed by atoms with van der Waals surface area (Å²) in [6.07, 6.45) is 23.5. The standard InChI is InChI=1S/C39H62O8S/c1-4-6-8-10-12-14-16-18-20-22-30-46-37(42)36-34(40)28-29-35(41)39(36,48(44,45)33-26-24-32(3)25-27-33)38(43)47-31-23-21-19-17-15-13-11-9-7-5-2/h24-29,36,40-41H,4-23,30-31H2,1-3H3. The van der Waals surface area contributed by atoms with Gasteiger partial charge in [0.25, 0.3) is 0 Å². The maximum Gasteiger partial charge on any atom is 0.337 e. The number of benzene rings is 1. The first-order valence-corrected chi connectivity index (χ1v) is 20.1. The average molecular weight is 691 g/mol. The summed E-state index contributed by atoms with van der Waals surface area (Å²) in [5.41, 5.74) is 0.783. The largest absolute Gasteiger partial charge is 0.511 e. The zero-order valence-corrected chi connectivity index (χ0v) is 30.7. The number of ether oxygens (including phenoxy) is 2. The highest BCUT2D eigenvalue weighted by Gasteiger charge is 2.67. The number of carbonyl (C=O) groups excluding carboxylic acids is 2. The maximum atomic E-state index is 14.3. The Balaban J connectivity index is 2.11. The van der Waals surface area contributed by atoms with E-state index in [0.29, 0.717) is 12.8 Å². The molecule has 0 aromatic heterocycles. The van der Waals surface area contributed by atoms with E-state index in [4.69, 9.17) is 9.47 Å². The fourth-order valence-corrected chi connectivity index (χ4v) is 8.28. The molecule has 0 heterocycles. The van der Waals surface area contributed by atoms with Gasteiger partial charge in [-0.25, -0.2) is 13.2 Å². The van der Waals surface area contributed by atoms with Crippen LogP contribution in [0.15, 0.2) is 52.8 Å². The molecule has 1 aromatic rings. The SMILES string of the molecule is CCCCCCCCCCCCOC(=O)C1C(O)=CC=C(O)C1(C(=O)OCCCCCCCCCCCC)S(=O)(=O)c1ccc(C)cc1. The van der Waals surface area contributed by atoms with Gasteiger partial charge < -0.3 is 19.7 Å². The Morgan fingerprint density at radius 2 is 1.06 bits per heavy atom. The van der Waals surface area contributed by atoms with Gasteiger partial charge >= 0.3 is 11.9 Å². The van der Waals surface area contributed by atoms with E-state index in [1.165, 1.54) is 76.3 Å². The van der Waals surface area contributed by atoms with Crippen molar-refractivity contribution in [3.8, 4) is 0 Å². The van der Waals surface area contributed by atoms with Crippen LogP contribution in [0, 0.1) is 12.8 Å². The van der Waals surface area contributed by atoms with Crippen molar-refractivity contribution in [2.24, 2.45) is 5.92 Å². The molecule has 0 amide bonds. The summed E-state index contributed by atoms with van der Waals surface area (Å²) in [5.74, 6) is -6.03. The molecule has 0 aliphatic heterocycles. The fourth-order valence-electron chi connectivity index (χ4n) is 6.26. The zero-order valence-electron chi connectivity index (χ0n) is 29.8. The second-order valence-electron chi connectivity index (χ2n) is 13.3. The zero-order chi connectivity index (χ0) is 35.3. The van der Waals surface area contributed by atoms with Crippen LogP contribution in [0.2, 0.25) is 0 Å². The molecule has 1 aliphatic carbocycles. The second-order valence-corrected chi connectivity index (χ2v) is 15.4. The van der Waals surface area contributed by atoms with E-state index < -0.39 is 44.0 Å². The van der Waals surface area contributed by atoms with Crippen molar-refractivity contribution in [2.45, 2.75) is 159 Å². The molecule has 48 heavy (non-hydrogen) atoms. The van der Waals surface area contributed by atoms with Crippen molar-refractivity contribution < 1.29 is 37.7 Å². The van der Waals surface area contributed by atoms with Crippen LogP contribution in [0.4, 0.5) is 0 Å². The van der Waals surface area contributed by atoms with E-state index in [1.807, 2.05) is 0 Å². The highest BCUT2D eigenvalue weighted by atomic mass is 32.2. The number of carbonyl (C=O) groups is 2. The lowest BCUT2D eigenvalue weighted by Gasteiger charge is -2.37. The number of sulfone groups is 1. The first kappa shape index (κ1) is 41.4. The van der Waals surface area contributed by atoms with Crippen LogP contribution >= 0.6 is 0 Å². The van der Waals surface area contributed by atoms with Crippen molar-refractivity contribution >= 4 is 21.8 Å². The Bertz CT molecular complexity index is 1250. The second kappa shape index (κ2) is 22.8. The molecule has 0 fully saturated rings. The lowest BCUT2D eigenvalue weighted by molar-refractivity contribution is -0.158. The highest BCUT2D eigenvalue weighted by Crippen LogP contribution is 2.45. The number of hydrogen-bond donors (Lipinski definition) is 2. The summed E-state index contributed by atoms with van der Waals surface area (Å²) < 4.78 is 36.8. The molecule has 272 valence electrons. The normalized spacial score (nSPS) is 17.9.